The Bertz CT molecular complexity index is 331. The van der Waals surface area contributed by atoms with Crippen molar-refractivity contribution in [2.75, 3.05) is 39.3 Å². The van der Waals surface area contributed by atoms with Gasteiger partial charge in [-0.3, -0.25) is 9.80 Å². The molecule has 0 aliphatic rings. The minimum Gasteiger partial charge on any atom is -0.549 e. The van der Waals surface area contributed by atoms with Crippen molar-refractivity contribution in [2.24, 2.45) is 0 Å². The van der Waals surface area contributed by atoms with Crippen LogP contribution in [0.2, 0.25) is 0 Å². The third-order valence-electron chi connectivity index (χ3n) is 2.14. The summed E-state index contributed by atoms with van der Waals surface area (Å²) in [6, 6.07) is 0. The van der Waals surface area contributed by atoms with Gasteiger partial charge in [-0.15, -0.1) is 0 Å². The highest BCUT2D eigenvalue weighted by Gasteiger charge is 2.10. The van der Waals surface area contributed by atoms with Crippen LogP contribution in [-0.4, -0.2) is 94.9 Å². The van der Waals surface area contributed by atoms with Crippen molar-refractivity contribution >= 4 is 23.9 Å². The van der Waals surface area contributed by atoms with Crippen LogP contribution < -0.4 is 45.0 Å². The van der Waals surface area contributed by atoms with Gasteiger partial charge in [0.05, 0.1) is 23.9 Å². The lowest BCUT2D eigenvalue weighted by atomic mass is 10.4. The SMILES string of the molecule is O.O.O.O.O=C([O-])CN(CCN(CC(=O)[O-])CC(=O)[O-])CC(=O)[O-].[NH4+].[NH4+].[NH4+].[NH4+]. The van der Waals surface area contributed by atoms with Crippen molar-refractivity contribution in [1.29, 1.82) is 0 Å². The number of carboxylic acid groups (broad SMARTS) is 4. The third kappa shape index (κ3) is 34.7. The van der Waals surface area contributed by atoms with Crippen molar-refractivity contribution in [2.45, 2.75) is 0 Å². The van der Waals surface area contributed by atoms with Gasteiger partial charge in [0.25, 0.3) is 0 Å². The van der Waals surface area contributed by atoms with E-state index in [1.165, 1.54) is 0 Å². The second-order valence-corrected chi connectivity index (χ2v) is 3.91. The Hall–Kier alpha value is -2.52. The smallest absolute Gasteiger partial charge is 0.0555 e. The predicted molar refractivity (Wildman–Crippen MR) is 91.3 cm³/mol. The van der Waals surface area contributed by atoms with E-state index in [1.54, 1.807) is 0 Å². The van der Waals surface area contributed by atoms with Gasteiger partial charge in [0.15, 0.2) is 0 Å². The molecule has 0 aliphatic heterocycles. The largest absolute Gasteiger partial charge is 0.549 e. The molecule has 0 aliphatic carbocycles. The summed E-state index contributed by atoms with van der Waals surface area (Å²) in [5.74, 6) is -6.12. The Morgan fingerprint density at radius 3 is 0.714 bits per heavy atom. The molecule has 0 saturated carbocycles. The fraction of sp³-hybridized carbons (Fsp3) is 0.600. The lowest BCUT2D eigenvalue weighted by Crippen LogP contribution is -2.50. The summed E-state index contributed by atoms with van der Waals surface area (Å²) in [4.78, 5) is 43.4. The molecule has 0 heterocycles. The van der Waals surface area contributed by atoms with Crippen molar-refractivity contribution in [3.63, 3.8) is 0 Å². The van der Waals surface area contributed by atoms with Crippen LogP contribution in [0.1, 0.15) is 0 Å². The van der Waals surface area contributed by atoms with E-state index in [-0.39, 0.29) is 59.6 Å². The van der Waals surface area contributed by atoms with Crippen LogP contribution >= 0.6 is 0 Å². The molecule has 18 nitrogen and oxygen atoms in total. The van der Waals surface area contributed by atoms with Crippen LogP contribution in [0.25, 0.3) is 0 Å². The Kier molecular flexibility index (Phi) is 58.7. The number of nitrogens with zero attached hydrogens (tertiary/aromatic N) is 2. The summed E-state index contributed by atoms with van der Waals surface area (Å²) in [5.41, 5.74) is 0. The molecular formula is C10H36N6O12. The van der Waals surface area contributed by atoms with Crippen LogP contribution in [0.15, 0.2) is 0 Å². The first-order valence-electron chi connectivity index (χ1n) is 5.44. The van der Waals surface area contributed by atoms with E-state index in [1.807, 2.05) is 0 Å². The van der Waals surface area contributed by atoms with Gasteiger partial charge in [0, 0.05) is 39.3 Å². The van der Waals surface area contributed by atoms with E-state index >= 15 is 0 Å². The summed E-state index contributed by atoms with van der Waals surface area (Å²) in [6.45, 7) is -3.25. The van der Waals surface area contributed by atoms with E-state index < -0.39 is 50.1 Å². The van der Waals surface area contributed by atoms with Crippen molar-refractivity contribution < 1.29 is 61.5 Å². The zero-order valence-electron chi connectivity index (χ0n) is 16.4. The topological polar surface area (TPSA) is 439 Å². The highest BCUT2D eigenvalue weighted by Crippen LogP contribution is 1.92. The Morgan fingerprint density at radius 2 is 0.607 bits per heavy atom. The van der Waals surface area contributed by atoms with Gasteiger partial charge in [-0.2, -0.15) is 0 Å². The van der Waals surface area contributed by atoms with E-state index in [0.717, 1.165) is 9.80 Å². The normalized spacial score (nSPS) is 7.64. The molecule has 0 fully saturated rings. The van der Waals surface area contributed by atoms with Crippen LogP contribution in [0, 0.1) is 0 Å². The first-order chi connectivity index (χ1) is 9.20. The number of rotatable bonds is 11. The van der Waals surface area contributed by atoms with E-state index in [2.05, 4.69) is 0 Å². The van der Waals surface area contributed by atoms with Crippen LogP contribution in [0.3, 0.4) is 0 Å². The van der Waals surface area contributed by atoms with E-state index in [9.17, 15) is 39.6 Å². The molecule has 18 heteroatoms. The van der Waals surface area contributed by atoms with Gasteiger partial charge in [0.2, 0.25) is 0 Å². The highest BCUT2D eigenvalue weighted by molar-refractivity contribution is 5.71. The number of aliphatic carboxylic acids is 4. The molecule has 0 aromatic carbocycles. The van der Waals surface area contributed by atoms with E-state index in [4.69, 9.17) is 0 Å². The quantitative estimate of drug-likeness (QED) is 0.238. The number of quaternary nitrogens is 4. The minimum absolute atomic E-state index is 0. The van der Waals surface area contributed by atoms with Crippen LogP contribution in [0.4, 0.5) is 0 Å². The molecule has 0 bridgehead atoms. The van der Waals surface area contributed by atoms with Gasteiger partial charge in [-0.1, -0.05) is 0 Å². The molecule has 0 aromatic heterocycles. The van der Waals surface area contributed by atoms with Gasteiger partial charge in [-0.25, -0.2) is 0 Å². The number of hydrogen-bond acceptors (Lipinski definition) is 10. The van der Waals surface area contributed by atoms with Gasteiger partial charge in [0.1, 0.15) is 0 Å². The molecule has 0 rings (SSSR count). The molecule has 178 valence electrons. The lowest BCUT2D eigenvalue weighted by Gasteiger charge is -2.28. The van der Waals surface area contributed by atoms with Crippen molar-refractivity contribution in [3.05, 3.63) is 0 Å². The molecule has 0 unspecified atom stereocenters. The monoisotopic (exact) mass is 432 g/mol. The number of hydrogen-bond donors (Lipinski definition) is 4. The molecule has 28 heavy (non-hydrogen) atoms. The molecule has 24 N–H and O–H groups in total. The van der Waals surface area contributed by atoms with Crippen LogP contribution in [0.5, 0.6) is 0 Å². The molecular weight excluding hydrogens is 396 g/mol. The fourth-order valence-electron chi connectivity index (χ4n) is 1.44. The van der Waals surface area contributed by atoms with Gasteiger partial charge < -0.3 is 86.1 Å². The second-order valence-electron chi connectivity index (χ2n) is 3.91. The average Bonchev–Trinajstić information content (AvgIpc) is 2.22. The predicted octanol–water partition coefficient (Wildman–Crippen LogP) is -9.20. The third-order valence-corrected chi connectivity index (χ3v) is 2.14. The molecule has 0 atom stereocenters. The first-order valence-corrected chi connectivity index (χ1v) is 5.44. The standard InChI is InChI=1S/C10H16N2O8.4H3N.4H2O/c13-7(14)3-11(4-8(15)16)1-2-12(5-9(17)18)6-10(19)20;;;;;;;;/h1-6H2,(H,13,14)(H,15,16)(H,17,18)(H,19,20);4*1H3;4*1H2. The zero-order valence-corrected chi connectivity index (χ0v) is 16.4. The average molecular weight is 432 g/mol. The van der Waals surface area contributed by atoms with Crippen molar-refractivity contribution in [3.8, 4) is 0 Å². The highest BCUT2D eigenvalue weighted by atomic mass is 16.4. The number of carbonyl (C=O) groups excluding carboxylic acids is 4. The van der Waals surface area contributed by atoms with Crippen molar-refractivity contribution in [1.82, 2.24) is 34.4 Å². The molecule has 0 aromatic rings. The number of carbonyl (C=O) groups is 4. The fourth-order valence-corrected chi connectivity index (χ4v) is 1.44. The number of carboxylic acids is 4. The van der Waals surface area contributed by atoms with E-state index in [0.29, 0.717) is 0 Å². The maximum absolute atomic E-state index is 10.4. The maximum Gasteiger partial charge on any atom is 0.0555 e. The molecule has 0 spiro atoms. The summed E-state index contributed by atoms with van der Waals surface area (Å²) in [7, 11) is 0. The maximum atomic E-state index is 10.4. The Morgan fingerprint density at radius 1 is 0.464 bits per heavy atom. The second kappa shape index (κ2) is 29.3. The van der Waals surface area contributed by atoms with Gasteiger partial charge >= 0.3 is 0 Å². The van der Waals surface area contributed by atoms with Gasteiger partial charge in [-0.05, 0) is 0 Å². The first kappa shape index (κ1) is 56.2. The molecule has 0 radical (unpaired) electrons. The zero-order chi connectivity index (χ0) is 15.7. The minimum atomic E-state index is -1.53. The van der Waals surface area contributed by atoms with Crippen LogP contribution in [-0.2, 0) is 19.2 Å². The summed E-state index contributed by atoms with van der Waals surface area (Å²) < 4.78 is 0. The lowest BCUT2D eigenvalue weighted by molar-refractivity contribution is -0.314. The summed E-state index contributed by atoms with van der Waals surface area (Å²) in [5, 5.41) is 41.6. The Labute approximate surface area is 160 Å². The molecule has 0 amide bonds. The molecule has 0 saturated heterocycles. The summed E-state index contributed by atoms with van der Waals surface area (Å²) >= 11 is 0. The summed E-state index contributed by atoms with van der Waals surface area (Å²) in [6.07, 6.45) is 0. The Balaban J connectivity index is -0.0000000645.